The zero-order valence-electron chi connectivity index (χ0n) is 6.47. The molecule has 0 aromatic carbocycles. The van der Waals surface area contributed by atoms with E-state index in [4.69, 9.17) is 10.1 Å². The van der Waals surface area contributed by atoms with Crippen LogP contribution in [0.15, 0.2) is 0 Å². The van der Waals surface area contributed by atoms with Crippen LogP contribution in [0.1, 0.15) is 13.8 Å². The summed E-state index contributed by atoms with van der Waals surface area (Å²) in [5.41, 5.74) is 0. The van der Waals surface area contributed by atoms with Crippen molar-refractivity contribution >= 4 is 16.4 Å². The molecular weight excluding hydrogens is 188 g/mol. The number of nitrogens with zero attached hydrogens (tertiary/aromatic N) is 1. The maximum absolute atomic E-state index is 10.2. The van der Waals surface area contributed by atoms with Crippen molar-refractivity contribution in [2.24, 2.45) is 0 Å². The van der Waals surface area contributed by atoms with Crippen LogP contribution in [0.3, 0.4) is 0 Å². The van der Waals surface area contributed by atoms with Crippen molar-refractivity contribution in [2.45, 2.75) is 20.0 Å². The molecule has 1 aliphatic heterocycles. The monoisotopic (exact) mass is 196 g/mol. The maximum Gasteiger partial charge on any atom is 0.446 e. The summed E-state index contributed by atoms with van der Waals surface area (Å²) in [6.07, 6.45) is -0.243. The normalized spacial score (nSPS) is 20.4. The Bertz CT molecular complexity index is 272. The second-order valence-electron chi connectivity index (χ2n) is 2.29. The first kappa shape index (κ1) is 9.23. The van der Waals surface area contributed by atoms with Gasteiger partial charge in [0.05, 0.1) is 6.10 Å². The SMILES string of the molecule is CC(C)OC(=N)N1OS(=O)(=O)O1. The second kappa shape index (κ2) is 2.88. The summed E-state index contributed by atoms with van der Waals surface area (Å²) in [5.74, 6) is 0. The van der Waals surface area contributed by atoms with Crippen LogP contribution in [0, 0.1) is 5.41 Å². The summed E-state index contributed by atoms with van der Waals surface area (Å²) in [4.78, 5) is 0. The van der Waals surface area contributed by atoms with Gasteiger partial charge in [-0.25, -0.2) is 5.41 Å². The maximum atomic E-state index is 10.2. The van der Waals surface area contributed by atoms with Crippen LogP contribution >= 0.6 is 0 Å². The van der Waals surface area contributed by atoms with Gasteiger partial charge in [-0.15, -0.1) is 0 Å². The first-order valence-electron chi connectivity index (χ1n) is 3.10. The van der Waals surface area contributed by atoms with Crippen molar-refractivity contribution in [1.82, 2.24) is 5.23 Å². The van der Waals surface area contributed by atoms with Crippen LogP contribution in [0.2, 0.25) is 0 Å². The lowest BCUT2D eigenvalue weighted by Crippen LogP contribution is -2.46. The third-order valence-electron chi connectivity index (χ3n) is 0.831. The number of hydrogen-bond donors (Lipinski definition) is 1. The van der Waals surface area contributed by atoms with Gasteiger partial charge in [-0.3, -0.25) is 0 Å². The van der Waals surface area contributed by atoms with E-state index in [2.05, 4.69) is 8.57 Å². The van der Waals surface area contributed by atoms with Gasteiger partial charge in [-0.05, 0) is 19.1 Å². The standard InChI is InChI=1S/C4H8N2O5S/c1-3(2)9-4(5)6-10-12(7,8)11-6/h3,5H,1-2H3. The number of amidine groups is 1. The topological polar surface area (TPSA) is 88.9 Å². The van der Waals surface area contributed by atoms with Crippen molar-refractivity contribution in [3.8, 4) is 0 Å². The Morgan fingerprint density at radius 3 is 2.33 bits per heavy atom. The molecule has 12 heavy (non-hydrogen) atoms. The van der Waals surface area contributed by atoms with Gasteiger partial charge in [0.15, 0.2) is 0 Å². The van der Waals surface area contributed by atoms with Gasteiger partial charge in [-0.2, -0.15) is 8.42 Å². The molecule has 1 N–H and O–H groups in total. The highest BCUT2D eigenvalue weighted by Crippen LogP contribution is 2.17. The van der Waals surface area contributed by atoms with Crippen LogP contribution < -0.4 is 0 Å². The highest BCUT2D eigenvalue weighted by atomic mass is 32.3. The summed E-state index contributed by atoms with van der Waals surface area (Å²) in [5, 5.41) is 7.41. The lowest BCUT2D eigenvalue weighted by Gasteiger charge is -2.27. The average Bonchev–Trinajstić information content (AvgIpc) is 1.80. The fraction of sp³-hybridized carbons (Fsp3) is 0.750. The number of nitrogens with one attached hydrogen (secondary N) is 1. The van der Waals surface area contributed by atoms with Crippen LogP contribution in [0.4, 0.5) is 0 Å². The van der Waals surface area contributed by atoms with Gasteiger partial charge in [0, 0.05) is 0 Å². The molecule has 0 radical (unpaired) electrons. The minimum absolute atomic E-state index is 0.243. The molecule has 1 saturated heterocycles. The summed E-state index contributed by atoms with van der Waals surface area (Å²) in [7, 11) is -3.91. The third-order valence-corrected chi connectivity index (χ3v) is 1.47. The quantitative estimate of drug-likeness (QED) is 0.460. The first-order chi connectivity index (χ1) is 5.41. The number of rotatable bonds is 1. The largest absolute Gasteiger partial charge is 0.460 e. The fourth-order valence-electron chi connectivity index (χ4n) is 0.505. The Balaban J connectivity index is 2.38. The van der Waals surface area contributed by atoms with E-state index in [0.717, 1.165) is 0 Å². The highest BCUT2D eigenvalue weighted by molar-refractivity contribution is 7.82. The summed E-state index contributed by atoms with van der Waals surface area (Å²) < 4.78 is 33.3. The molecule has 0 atom stereocenters. The zero-order valence-corrected chi connectivity index (χ0v) is 7.29. The van der Waals surface area contributed by atoms with Gasteiger partial charge >= 0.3 is 16.4 Å². The molecule has 0 bridgehead atoms. The van der Waals surface area contributed by atoms with Crippen molar-refractivity contribution < 1.29 is 21.7 Å². The molecule has 70 valence electrons. The molecule has 0 saturated carbocycles. The molecule has 0 aliphatic carbocycles. The molecule has 0 unspecified atom stereocenters. The van der Waals surface area contributed by atoms with Gasteiger partial charge in [0.2, 0.25) is 0 Å². The molecule has 7 nitrogen and oxygen atoms in total. The Hall–Kier alpha value is -0.860. The first-order valence-corrected chi connectivity index (χ1v) is 4.43. The predicted octanol–water partition coefficient (Wildman–Crippen LogP) is -0.230. The van der Waals surface area contributed by atoms with Gasteiger partial charge < -0.3 is 4.74 Å². The molecule has 0 spiro atoms. The summed E-state index contributed by atoms with van der Waals surface area (Å²) >= 11 is 0. The zero-order chi connectivity index (χ0) is 9.35. The van der Waals surface area contributed by atoms with Gasteiger partial charge in [0.25, 0.3) is 0 Å². The van der Waals surface area contributed by atoms with Crippen LogP contribution in [0.25, 0.3) is 0 Å². The average molecular weight is 196 g/mol. The number of hydroxylamine groups is 2. The Morgan fingerprint density at radius 2 is 2.00 bits per heavy atom. The van der Waals surface area contributed by atoms with Crippen molar-refractivity contribution in [2.75, 3.05) is 0 Å². The van der Waals surface area contributed by atoms with E-state index in [0.29, 0.717) is 5.23 Å². The number of hydrogen-bond acceptors (Lipinski definition) is 6. The molecule has 8 heteroatoms. The fourth-order valence-corrected chi connectivity index (χ4v) is 0.984. The van der Waals surface area contributed by atoms with E-state index < -0.39 is 16.4 Å². The lowest BCUT2D eigenvalue weighted by atomic mass is 10.5. The Kier molecular flexibility index (Phi) is 2.22. The molecular formula is C4H8N2O5S. The summed E-state index contributed by atoms with van der Waals surface area (Å²) in [6, 6.07) is -0.500. The molecule has 0 amide bonds. The highest BCUT2D eigenvalue weighted by Gasteiger charge is 2.39. The Labute approximate surface area is 69.6 Å². The molecule has 1 rings (SSSR count). The van der Waals surface area contributed by atoms with Crippen molar-refractivity contribution in [3.05, 3.63) is 0 Å². The van der Waals surface area contributed by atoms with E-state index in [1.54, 1.807) is 13.8 Å². The summed E-state index contributed by atoms with van der Waals surface area (Å²) in [6.45, 7) is 3.37. The van der Waals surface area contributed by atoms with E-state index >= 15 is 0 Å². The molecule has 1 aliphatic rings. The van der Waals surface area contributed by atoms with E-state index in [9.17, 15) is 8.42 Å². The number of ether oxygens (including phenoxy) is 1. The Morgan fingerprint density at radius 1 is 1.50 bits per heavy atom. The van der Waals surface area contributed by atoms with E-state index in [1.807, 2.05) is 0 Å². The van der Waals surface area contributed by atoms with E-state index in [-0.39, 0.29) is 6.10 Å². The minimum atomic E-state index is -3.91. The predicted molar refractivity (Wildman–Crippen MR) is 36.9 cm³/mol. The molecule has 0 aromatic rings. The minimum Gasteiger partial charge on any atom is -0.460 e. The third kappa shape index (κ3) is 2.06. The van der Waals surface area contributed by atoms with Crippen LogP contribution in [0.5, 0.6) is 0 Å². The second-order valence-corrected chi connectivity index (χ2v) is 3.40. The smallest absolute Gasteiger partial charge is 0.446 e. The van der Waals surface area contributed by atoms with Crippen LogP contribution in [-0.2, 0) is 23.7 Å². The van der Waals surface area contributed by atoms with Gasteiger partial charge in [0.1, 0.15) is 0 Å². The molecule has 1 heterocycles. The van der Waals surface area contributed by atoms with Crippen molar-refractivity contribution in [1.29, 1.82) is 5.41 Å². The van der Waals surface area contributed by atoms with Gasteiger partial charge in [-0.1, -0.05) is 8.57 Å². The lowest BCUT2D eigenvalue weighted by molar-refractivity contribution is -0.282. The molecule has 0 aromatic heterocycles. The van der Waals surface area contributed by atoms with Crippen LogP contribution in [-0.4, -0.2) is 25.8 Å². The molecule has 1 fully saturated rings. The van der Waals surface area contributed by atoms with Crippen molar-refractivity contribution in [3.63, 3.8) is 0 Å². The van der Waals surface area contributed by atoms with E-state index in [1.165, 1.54) is 0 Å².